The zero-order chi connectivity index (χ0) is 22.0. The van der Waals surface area contributed by atoms with Gasteiger partial charge in [-0.3, -0.25) is 18.2 Å². The Hall–Kier alpha value is 2.07. The van der Waals surface area contributed by atoms with Crippen molar-refractivity contribution in [2.75, 3.05) is 26.2 Å². The molecule has 178 valence electrons. The van der Waals surface area contributed by atoms with Crippen LogP contribution in [0.2, 0.25) is 0 Å². The van der Waals surface area contributed by atoms with Crippen molar-refractivity contribution in [3.63, 3.8) is 0 Å². The van der Waals surface area contributed by atoms with Crippen LogP contribution in [0.1, 0.15) is 80.5 Å². The quantitative estimate of drug-likeness (QED) is 0.113. The van der Waals surface area contributed by atoms with Crippen molar-refractivity contribution < 1.29 is 92.3 Å². The molecular formula is C16H42IKNO8S2+. The van der Waals surface area contributed by atoms with Crippen LogP contribution in [-0.4, -0.2) is 65.7 Å². The molecule has 0 heterocycles. The Morgan fingerprint density at radius 1 is 0.586 bits per heavy atom. The van der Waals surface area contributed by atoms with Gasteiger partial charge in [0, 0.05) is 0 Å². The molecule has 13 heteroatoms. The molecule has 0 aromatic heterocycles. The summed E-state index contributed by atoms with van der Waals surface area (Å²) in [7, 11) is -9.33. The summed E-state index contributed by atoms with van der Waals surface area (Å²) in [4.78, 5) is 0. The van der Waals surface area contributed by atoms with Crippen molar-refractivity contribution in [3.8, 4) is 0 Å². The summed E-state index contributed by atoms with van der Waals surface area (Å²) in [6.45, 7) is 15.0. The van der Waals surface area contributed by atoms with E-state index < -0.39 is 20.8 Å². The molecule has 0 spiro atoms. The van der Waals surface area contributed by atoms with Gasteiger partial charge in [0.25, 0.3) is 0 Å². The first-order valence-electron chi connectivity index (χ1n) is 9.49. The number of hydrogen-bond acceptors (Lipinski definition) is 4. The summed E-state index contributed by atoms with van der Waals surface area (Å²) in [5, 5.41) is 0. The molecule has 0 saturated carbocycles. The summed E-state index contributed by atoms with van der Waals surface area (Å²) in [5.74, 6) is 0. The molecule has 0 aliphatic carbocycles. The van der Waals surface area contributed by atoms with Gasteiger partial charge in [0.1, 0.15) is 0 Å². The first kappa shape index (κ1) is 41.3. The molecule has 0 atom stereocenters. The number of rotatable bonds is 12. The third kappa shape index (κ3) is 48.6. The predicted octanol–water partition coefficient (Wildman–Crippen LogP) is 1.43. The van der Waals surface area contributed by atoms with Crippen LogP contribution in [0.3, 0.4) is 0 Å². The van der Waals surface area contributed by atoms with E-state index in [0.29, 0.717) is 0 Å². The maximum atomic E-state index is 8.74. The fraction of sp³-hybridized carbons (Fsp3) is 1.00. The summed E-state index contributed by atoms with van der Waals surface area (Å²) in [6, 6.07) is 0. The molecular weight excluding hydrogens is 564 g/mol. The first-order chi connectivity index (χ1) is 12.2. The second-order valence-corrected chi connectivity index (χ2v) is 8.34. The predicted molar refractivity (Wildman–Crippen MR) is 124 cm³/mol. The molecule has 0 aromatic carbocycles. The van der Waals surface area contributed by atoms with Gasteiger partial charge in [-0.15, -0.1) is 24.0 Å². The minimum absolute atomic E-state index is 0. The van der Waals surface area contributed by atoms with Crippen LogP contribution in [-0.2, 0) is 20.8 Å². The van der Waals surface area contributed by atoms with Crippen molar-refractivity contribution >= 4 is 44.8 Å². The molecule has 0 aliphatic heterocycles. The SMILES string of the molecule is CCCC[N+](CCCC)(CCCC)CCCC.I.O=S(=O)(O)O.O=S(=O)(O)O.[H-].[K+]. The Kier molecular flexibility index (Phi) is 35.2. The van der Waals surface area contributed by atoms with E-state index in [4.69, 9.17) is 35.0 Å². The van der Waals surface area contributed by atoms with E-state index in [1.165, 1.54) is 82.0 Å². The van der Waals surface area contributed by atoms with Gasteiger partial charge >= 0.3 is 72.2 Å². The van der Waals surface area contributed by atoms with Gasteiger partial charge in [-0.05, 0) is 25.7 Å². The standard InChI is InChI=1S/C16H36N.HI.K.2H2O4S.H/c1-5-9-13-17(14-10-6-2,15-11-7-3)16-12-8-4;;;2*1-5(2,3)4;/h5-16H2,1-4H3;1H;;2*(H2,1,2,3,4);/q+1;;+1;;;-1. The van der Waals surface area contributed by atoms with Gasteiger partial charge < -0.3 is 5.91 Å². The smallest absolute Gasteiger partial charge is 1.00 e. The first-order valence-corrected chi connectivity index (χ1v) is 12.3. The summed E-state index contributed by atoms with van der Waals surface area (Å²) < 4.78 is 64.6. The summed E-state index contributed by atoms with van der Waals surface area (Å²) >= 11 is 0. The van der Waals surface area contributed by atoms with Gasteiger partial charge in [-0.25, -0.2) is 0 Å². The minimum atomic E-state index is -4.67. The molecule has 0 bridgehead atoms. The average molecular weight is 607 g/mol. The van der Waals surface area contributed by atoms with E-state index in [1.54, 1.807) is 0 Å². The molecule has 0 aliphatic rings. The number of nitrogens with zero attached hydrogens (tertiary/aromatic N) is 1. The zero-order valence-corrected chi connectivity index (χ0v) is 25.7. The van der Waals surface area contributed by atoms with Crippen LogP contribution in [0.15, 0.2) is 0 Å². The van der Waals surface area contributed by atoms with Gasteiger partial charge in [0.2, 0.25) is 0 Å². The summed E-state index contributed by atoms with van der Waals surface area (Å²) in [5.41, 5.74) is 0. The van der Waals surface area contributed by atoms with Crippen molar-refractivity contribution in [2.45, 2.75) is 79.1 Å². The Bertz CT molecular complexity index is 456. The zero-order valence-electron chi connectivity index (χ0n) is 19.6. The van der Waals surface area contributed by atoms with Crippen LogP contribution in [0.4, 0.5) is 0 Å². The largest absolute Gasteiger partial charge is 1.00 e. The second-order valence-electron chi connectivity index (χ2n) is 6.55. The van der Waals surface area contributed by atoms with E-state index in [-0.39, 0.29) is 76.8 Å². The van der Waals surface area contributed by atoms with Crippen LogP contribution >= 0.6 is 24.0 Å². The molecule has 0 aromatic rings. The van der Waals surface area contributed by atoms with Crippen LogP contribution in [0.5, 0.6) is 0 Å². The van der Waals surface area contributed by atoms with E-state index in [9.17, 15) is 0 Å². The molecule has 4 N–H and O–H groups in total. The molecule has 0 saturated heterocycles. The van der Waals surface area contributed by atoms with Gasteiger partial charge in [0.05, 0.1) is 26.2 Å². The Balaban J connectivity index is -0.0000000930. The van der Waals surface area contributed by atoms with Crippen molar-refractivity contribution in [1.82, 2.24) is 0 Å². The molecule has 29 heavy (non-hydrogen) atoms. The maximum Gasteiger partial charge on any atom is 1.00 e. The molecule has 9 nitrogen and oxygen atoms in total. The topological polar surface area (TPSA) is 149 Å². The van der Waals surface area contributed by atoms with Gasteiger partial charge in [-0.1, -0.05) is 53.4 Å². The Labute approximate surface area is 239 Å². The van der Waals surface area contributed by atoms with E-state index in [2.05, 4.69) is 27.7 Å². The fourth-order valence-electron chi connectivity index (χ4n) is 2.64. The van der Waals surface area contributed by atoms with Crippen molar-refractivity contribution in [2.24, 2.45) is 0 Å². The van der Waals surface area contributed by atoms with Crippen molar-refractivity contribution in [3.05, 3.63) is 0 Å². The fourth-order valence-corrected chi connectivity index (χ4v) is 2.64. The number of quaternary nitrogens is 1. The van der Waals surface area contributed by atoms with Crippen LogP contribution in [0, 0.1) is 0 Å². The van der Waals surface area contributed by atoms with Crippen LogP contribution < -0.4 is 51.4 Å². The monoisotopic (exact) mass is 606 g/mol. The van der Waals surface area contributed by atoms with E-state index in [0.717, 1.165) is 0 Å². The molecule has 0 fully saturated rings. The van der Waals surface area contributed by atoms with E-state index in [1.807, 2.05) is 0 Å². The third-order valence-electron chi connectivity index (χ3n) is 3.94. The van der Waals surface area contributed by atoms with E-state index >= 15 is 0 Å². The van der Waals surface area contributed by atoms with Gasteiger partial charge in [-0.2, -0.15) is 16.8 Å². The summed E-state index contributed by atoms with van der Waals surface area (Å²) in [6.07, 6.45) is 11.1. The molecule has 0 amide bonds. The Morgan fingerprint density at radius 3 is 0.828 bits per heavy atom. The maximum absolute atomic E-state index is 8.74. The molecule has 0 radical (unpaired) electrons. The molecule has 0 unspecified atom stereocenters. The minimum Gasteiger partial charge on any atom is -1.00 e. The second kappa shape index (κ2) is 24.7. The molecule has 0 rings (SSSR count). The number of halogens is 1. The van der Waals surface area contributed by atoms with Crippen LogP contribution in [0.25, 0.3) is 0 Å². The van der Waals surface area contributed by atoms with Gasteiger partial charge in [0.15, 0.2) is 0 Å². The normalized spacial score (nSPS) is 11.0. The number of hydrogen-bond donors (Lipinski definition) is 4. The number of unbranched alkanes of at least 4 members (excludes halogenated alkanes) is 4. The van der Waals surface area contributed by atoms with Crippen molar-refractivity contribution in [1.29, 1.82) is 0 Å². The third-order valence-corrected chi connectivity index (χ3v) is 3.94. The average Bonchev–Trinajstić information content (AvgIpc) is 2.50. The Morgan fingerprint density at radius 2 is 0.724 bits per heavy atom.